The molecule has 0 bridgehead atoms. The van der Waals surface area contributed by atoms with Crippen molar-refractivity contribution < 1.29 is 43.5 Å². The predicted molar refractivity (Wildman–Crippen MR) is 154 cm³/mol. The number of rotatable bonds is 7. The maximum absolute atomic E-state index is 12.8. The third-order valence-electron chi connectivity index (χ3n) is 6.09. The van der Waals surface area contributed by atoms with Crippen molar-refractivity contribution in [2.45, 2.75) is 44.6 Å². The minimum atomic E-state index is -1.87. The molecular formula is C29H28Cl2N2O9. The average molecular weight is 619 g/mol. The fourth-order valence-corrected chi connectivity index (χ4v) is 4.85. The van der Waals surface area contributed by atoms with Gasteiger partial charge in [-0.25, -0.2) is 14.4 Å². The van der Waals surface area contributed by atoms with Crippen LogP contribution in [0.15, 0.2) is 66.7 Å². The van der Waals surface area contributed by atoms with Crippen LogP contribution in [0.2, 0.25) is 10.0 Å². The summed E-state index contributed by atoms with van der Waals surface area (Å²) in [6.07, 6.45) is -10.2. The lowest BCUT2D eigenvalue weighted by Gasteiger charge is -2.41. The Morgan fingerprint density at radius 3 is 2.05 bits per heavy atom. The molecule has 4 N–H and O–H groups in total. The van der Waals surface area contributed by atoms with E-state index in [1.807, 2.05) is 19.9 Å². The number of carbonyl (C=O) groups is 3. The molecule has 13 heteroatoms. The van der Waals surface area contributed by atoms with Gasteiger partial charge in [0.1, 0.15) is 18.8 Å². The lowest BCUT2D eigenvalue weighted by molar-refractivity contribution is -0.284. The summed E-state index contributed by atoms with van der Waals surface area (Å²) in [4.78, 5) is 38.0. The molecule has 0 saturated carbocycles. The van der Waals surface area contributed by atoms with E-state index in [2.05, 4.69) is 10.6 Å². The van der Waals surface area contributed by atoms with Crippen molar-refractivity contribution in [1.82, 2.24) is 0 Å². The Kier molecular flexibility index (Phi) is 10.3. The van der Waals surface area contributed by atoms with Crippen molar-refractivity contribution in [2.24, 2.45) is 0 Å². The summed E-state index contributed by atoms with van der Waals surface area (Å²) in [6.45, 7) is 3.20. The number of aliphatic hydroxyl groups is 2. The Morgan fingerprint density at radius 2 is 1.40 bits per heavy atom. The highest BCUT2D eigenvalue weighted by Gasteiger charge is 2.50. The molecule has 3 aromatic carbocycles. The van der Waals surface area contributed by atoms with Crippen LogP contribution in [0.5, 0.6) is 0 Å². The molecule has 1 heterocycles. The molecule has 0 spiro atoms. The van der Waals surface area contributed by atoms with Gasteiger partial charge in [0, 0.05) is 21.4 Å². The first-order valence-corrected chi connectivity index (χ1v) is 13.5. The van der Waals surface area contributed by atoms with Crippen LogP contribution in [-0.4, -0.2) is 65.7 Å². The van der Waals surface area contributed by atoms with E-state index >= 15 is 0 Å². The third kappa shape index (κ3) is 8.34. The number of hydrogen-bond acceptors (Lipinski definition) is 9. The summed E-state index contributed by atoms with van der Waals surface area (Å²) >= 11 is 12.0. The van der Waals surface area contributed by atoms with Gasteiger partial charge in [-0.3, -0.25) is 10.6 Å². The van der Waals surface area contributed by atoms with Crippen molar-refractivity contribution in [3.63, 3.8) is 0 Å². The van der Waals surface area contributed by atoms with Gasteiger partial charge in [0.05, 0.1) is 5.56 Å². The van der Waals surface area contributed by atoms with Crippen LogP contribution in [0.4, 0.5) is 21.0 Å². The van der Waals surface area contributed by atoms with Gasteiger partial charge in [0.15, 0.2) is 18.5 Å². The summed E-state index contributed by atoms with van der Waals surface area (Å²) < 4.78 is 21.4. The molecular weight excluding hydrogens is 591 g/mol. The zero-order valence-corrected chi connectivity index (χ0v) is 24.0. The summed E-state index contributed by atoms with van der Waals surface area (Å²) in [7, 11) is 0. The number of aliphatic hydroxyl groups excluding tert-OH is 2. The predicted octanol–water partition coefficient (Wildman–Crippen LogP) is 5.08. The van der Waals surface area contributed by atoms with E-state index in [4.69, 9.17) is 42.1 Å². The van der Waals surface area contributed by atoms with Gasteiger partial charge in [-0.05, 0) is 67.4 Å². The Bertz CT molecular complexity index is 1400. The normalized spacial score (nSPS) is 21.6. The largest absolute Gasteiger partial charge is 0.449 e. The van der Waals surface area contributed by atoms with E-state index in [0.29, 0.717) is 5.69 Å². The van der Waals surface area contributed by atoms with Gasteiger partial charge in [-0.15, -0.1) is 0 Å². The van der Waals surface area contributed by atoms with E-state index in [9.17, 15) is 24.6 Å². The molecule has 0 radical (unpaired) electrons. The third-order valence-corrected chi connectivity index (χ3v) is 6.52. The lowest BCUT2D eigenvalue weighted by atomic mass is 9.98. The number of nitrogens with one attached hydrogen (secondary N) is 2. The van der Waals surface area contributed by atoms with Crippen molar-refractivity contribution >= 4 is 52.7 Å². The van der Waals surface area contributed by atoms with E-state index < -0.39 is 55.5 Å². The van der Waals surface area contributed by atoms with E-state index in [0.717, 1.165) is 11.1 Å². The zero-order valence-electron chi connectivity index (χ0n) is 22.5. The van der Waals surface area contributed by atoms with Gasteiger partial charge in [-0.1, -0.05) is 47.5 Å². The second kappa shape index (κ2) is 13.9. The van der Waals surface area contributed by atoms with Gasteiger partial charge >= 0.3 is 18.2 Å². The quantitative estimate of drug-likeness (QED) is 0.210. The summed E-state index contributed by atoms with van der Waals surface area (Å²) in [5.74, 6) is -0.867. The van der Waals surface area contributed by atoms with Gasteiger partial charge in [0.2, 0.25) is 0 Å². The second-order valence-corrected chi connectivity index (χ2v) is 10.4. The number of halogens is 2. The SMILES string of the molecule is Cc1cc(C)cc(NC(=O)OC[C@H]2O[C@@H](O)[C@H](OC(=O)c3ccccc3)[C@@H](OC(=O)Nc3cc(Cl)cc(Cl)c3)[C@@H]2O)c1. The van der Waals surface area contributed by atoms with Gasteiger partial charge < -0.3 is 29.2 Å². The van der Waals surface area contributed by atoms with Crippen LogP contribution in [0.3, 0.4) is 0 Å². The van der Waals surface area contributed by atoms with E-state index in [1.54, 1.807) is 30.3 Å². The Balaban J connectivity index is 1.48. The molecule has 1 aliphatic rings. The maximum Gasteiger partial charge on any atom is 0.412 e. The minimum Gasteiger partial charge on any atom is -0.449 e. The number of aryl methyl sites for hydroxylation is 2. The molecule has 42 heavy (non-hydrogen) atoms. The van der Waals surface area contributed by atoms with E-state index in [1.165, 1.54) is 30.3 Å². The van der Waals surface area contributed by atoms with Crippen molar-refractivity contribution in [3.05, 3.63) is 93.5 Å². The fraction of sp³-hybridized carbons (Fsp3) is 0.276. The smallest absolute Gasteiger partial charge is 0.412 e. The number of hydrogen-bond donors (Lipinski definition) is 4. The number of esters is 1. The van der Waals surface area contributed by atoms with Crippen LogP contribution >= 0.6 is 23.2 Å². The molecule has 1 saturated heterocycles. The molecule has 2 amide bonds. The molecule has 11 nitrogen and oxygen atoms in total. The Labute approximate surface area is 251 Å². The monoisotopic (exact) mass is 618 g/mol. The number of benzene rings is 3. The topological polar surface area (TPSA) is 153 Å². The molecule has 1 fully saturated rings. The lowest BCUT2D eigenvalue weighted by Crippen LogP contribution is -2.61. The van der Waals surface area contributed by atoms with Crippen LogP contribution in [-0.2, 0) is 18.9 Å². The van der Waals surface area contributed by atoms with Gasteiger partial charge in [-0.2, -0.15) is 0 Å². The summed E-state index contributed by atoms with van der Waals surface area (Å²) in [5.41, 5.74) is 2.67. The standard InChI is InChI=1S/C29H28Cl2N2O9/c1-15-8-16(2)10-20(9-15)32-28(37)39-14-22-23(34)24(42-29(38)33-21-12-18(30)11-19(31)13-21)25(27(36)40-22)41-26(35)17-6-4-3-5-7-17/h3-13,22-25,27,34,36H,14H2,1-2H3,(H,32,37)(H,33,38)/t22-,23-,24+,25-,27-/m1/s1. The Hall–Kier alpha value is -3.87. The average Bonchev–Trinajstić information content (AvgIpc) is 2.91. The van der Waals surface area contributed by atoms with Crippen LogP contribution in [0.1, 0.15) is 21.5 Å². The maximum atomic E-state index is 12.8. The number of carbonyl (C=O) groups excluding carboxylic acids is 3. The number of ether oxygens (including phenoxy) is 4. The highest BCUT2D eigenvalue weighted by atomic mass is 35.5. The fourth-order valence-electron chi connectivity index (χ4n) is 4.33. The molecule has 5 atom stereocenters. The van der Waals surface area contributed by atoms with Crippen LogP contribution in [0.25, 0.3) is 0 Å². The molecule has 1 aliphatic heterocycles. The summed E-state index contributed by atoms with van der Waals surface area (Å²) in [5, 5.41) is 27.3. The first kappa shape index (κ1) is 31.1. The molecule has 0 aromatic heterocycles. The second-order valence-electron chi connectivity index (χ2n) is 9.54. The van der Waals surface area contributed by atoms with Crippen LogP contribution < -0.4 is 10.6 Å². The first-order valence-electron chi connectivity index (χ1n) is 12.7. The first-order chi connectivity index (χ1) is 20.0. The van der Waals surface area contributed by atoms with Crippen molar-refractivity contribution in [2.75, 3.05) is 17.2 Å². The molecule has 0 aliphatic carbocycles. The molecule has 3 aromatic rings. The highest BCUT2D eigenvalue weighted by Crippen LogP contribution is 2.28. The molecule has 222 valence electrons. The van der Waals surface area contributed by atoms with Crippen molar-refractivity contribution in [1.29, 1.82) is 0 Å². The molecule has 0 unspecified atom stereocenters. The highest BCUT2D eigenvalue weighted by molar-refractivity contribution is 6.35. The minimum absolute atomic E-state index is 0.143. The van der Waals surface area contributed by atoms with E-state index in [-0.39, 0.29) is 21.3 Å². The number of amides is 2. The van der Waals surface area contributed by atoms with Crippen molar-refractivity contribution in [3.8, 4) is 0 Å². The number of anilines is 2. The van der Waals surface area contributed by atoms with Crippen LogP contribution in [0, 0.1) is 13.8 Å². The van der Waals surface area contributed by atoms with Gasteiger partial charge in [0.25, 0.3) is 0 Å². The zero-order chi connectivity index (χ0) is 30.4. The molecule has 4 rings (SSSR count). The Morgan fingerprint density at radius 1 is 0.810 bits per heavy atom. The summed E-state index contributed by atoms with van der Waals surface area (Å²) in [6, 6.07) is 17.5.